The molecule has 2 N–H and O–H groups in total. The Kier molecular flexibility index (Phi) is 8.69. The normalized spacial score (nSPS) is 23.1. The average molecular weight is 509 g/mol. The number of carbonyl (C=O) groups excluding carboxylic acids is 1. The first-order valence-corrected chi connectivity index (χ1v) is 13.9. The molecule has 0 bridgehead atoms. The summed E-state index contributed by atoms with van der Waals surface area (Å²) in [5, 5.41) is 12.5. The number of methoxy groups -OCH3 is 1. The van der Waals surface area contributed by atoms with E-state index >= 15 is 0 Å². The first-order chi connectivity index (χ1) is 16.9. The number of amides is 1. The molecule has 0 saturated heterocycles. The molecule has 35 heavy (non-hydrogen) atoms. The first kappa shape index (κ1) is 25.9. The second-order valence-electron chi connectivity index (χ2n) is 9.44. The molecule has 10 heteroatoms. The number of benzene rings is 1. The second kappa shape index (κ2) is 11.7. The monoisotopic (exact) mass is 508 g/mol. The number of nitrogens with one attached hydrogen (secondary N) is 1. The maximum absolute atomic E-state index is 13.1. The van der Waals surface area contributed by atoms with E-state index in [1.807, 2.05) is 6.08 Å². The van der Waals surface area contributed by atoms with E-state index in [4.69, 9.17) is 14.2 Å². The maximum Gasteiger partial charge on any atom is 0.286 e. The van der Waals surface area contributed by atoms with Crippen LogP contribution in [0.2, 0.25) is 0 Å². The van der Waals surface area contributed by atoms with Gasteiger partial charge in [-0.05, 0) is 67.9 Å². The van der Waals surface area contributed by atoms with Gasteiger partial charge in [-0.2, -0.15) is 4.31 Å². The summed E-state index contributed by atoms with van der Waals surface area (Å²) in [5.74, 6) is 1.43. The zero-order valence-electron chi connectivity index (χ0n) is 20.2. The van der Waals surface area contributed by atoms with Gasteiger partial charge in [0, 0.05) is 25.6 Å². The molecule has 2 atom stereocenters. The molecule has 1 aromatic carbocycles. The number of allylic oxidation sites excluding steroid dienone is 1. The van der Waals surface area contributed by atoms with E-state index in [1.54, 1.807) is 12.1 Å². The van der Waals surface area contributed by atoms with Crippen molar-refractivity contribution in [2.45, 2.75) is 62.2 Å². The van der Waals surface area contributed by atoms with Gasteiger partial charge in [0.1, 0.15) is 5.75 Å². The van der Waals surface area contributed by atoms with E-state index in [9.17, 15) is 18.3 Å². The van der Waals surface area contributed by atoms with E-state index in [0.29, 0.717) is 23.8 Å². The lowest BCUT2D eigenvalue weighted by molar-refractivity contribution is -0.150. The van der Waals surface area contributed by atoms with Gasteiger partial charge in [0.25, 0.3) is 5.91 Å². The summed E-state index contributed by atoms with van der Waals surface area (Å²) in [5.41, 5.74) is 0. The number of aliphatic hydroxyl groups is 1. The van der Waals surface area contributed by atoms with Crippen molar-refractivity contribution in [3.8, 4) is 5.75 Å². The number of hydrogen-bond acceptors (Lipinski definition) is 7. The second-order valence-corrected chi connectivity index (χ2v) is 11.4. The van der Waals surface area contributed by atoms with Gasteiger partial charge >= 0.3 is 0 Å². The Bertz CT molecular complexity index is 986. The highest BCUT2D eigenvalue weighted by Gasteiger charge is 2.37. The smallest absolute Gasteiger partial charge is 0.286 e. The Morgan fingerprint density at radius 3 is 2.49 bits per heavy atom. The van der Waals surface area contributed by atoms with E-state index in [1.165, 1.54) is 23.5 Å². The van der Waals surface area contributed by atoms with Crippen LogP contribution in [0, 0.1) is 11.8 Å². The van der Waals surface area contributed by atoms with Gasteiger partial charge in [-0.1, -0.05) is 12.8 Å². The zero-order valence-corrected chi connectivity index (χ0v) is 21.0. The van der Waals surface area contributed by atoms with Crippen molar-refractivity contribution in [3.05, 3.63) is 36.1 Å². The van der Waals surface area contributed by atoms with Gasteiger partial charge in [-0.25, -0.2) is 8.42 Å². The minimum absolute atomic E-state index is 0.0518. The zero-order chi connectivity index (χ0) is 24.8. The summed E-state index contributed by atoms with van der Waals surface area (Å²) in [7, 11) is -2.31. The summed E-state index contributed by atoms with van der Waals surface area (Å²) >= 11 is 0. The molecule has 3 aliphatic rings. The van der Waals surface area contributed by atoms with E-state index < -0.39 is 16.3 Å². The highest BCUT2D eigenvalue weighted by Crippen LogP contribution is 2.42. The number of carbonyl (C=O) groups is 1. The molecule has 0 aromatic heterocycles. The molecule has 1 aliphatic heterocycles. The minimum Gasteiger partial charge on any atom is -0.497 e. The standard InChI is InChI=1S/C25H36N2O7S/c1-32-21-8-10-22(11-9-21)35(30,31)27(12-14-28)13-15-33-24-17-19(18-6-7-18)16-23(34-24)25(29)26-20-4-2-3-5-20/h8-11,16,18-20,24,28H,2-7,12-15,17H2,1H3,(H,26,29)/t19-,24+/m0/s1. The van der Waals surface area contributed by atoms with Gasteiger partial charge in [0.05, 0.1) is 25.2 Å². The molecule has 194 valence electrons. The fourth-order valence-electron chi connectivity index (χ4n) is 4.77. The van der Waals surface area contributed by atoms with Crippen molar-refractivity contribution in [1.29, 1.82) is 0 Å². The van der Waals surface area contributed by atoms with Gasteiger partial charge in [-0.15, -0.1) is 0 Å². The van der Waals surface area contributed by atoms with Crippen LogP contribution in [0.25, 0.3) is 0 Å². The first-order valence-electron chi connectivity index (χ1n) is 12.5. The third-order valence-electron chi connectivity index (χ3n) is 6.92. The minimum atomic E-state index is -3.82. The Morgan fingerprint density at radius 1 is 1.14 bits per heavy atom. The van der Waals surface area contributed by atoms with Gasteiger partial charge in [-0.3, -0.25) is 4.79 Å². The van der Waals surface area contributed by atoms with E-state index in [2.05, 4.69) is 5.32 Å². The predicted octanol–water partition coefficient (Wildman–Crippen LogP) is 2.41. The maximum atomic E-state index is 13.1. The Morgan fingerprint density at radius 2 is 1.86 bits per heavy atom. The number of sulfonamides is 1. The molecule has 0 radical (unpaired) electrons. The summed E-state index contributed by atoms with van der Waals surface area (Å²) in [4.78, 5) is 12.9. The fourth-order valence-corrected chi connectivity index (χ4v) is 6.19. The lowest BCUT2D eigenvalue weighted by Crippen LogP contribution is -2.39. The van der Waals surface area contributed by atoms with Crippen LogP contribution in [-0.4, -0.2) is 69.5 Å². The van der Waals surface area contributed by atoms with Crippen LogP contribution < -0.4 is 10.1 Å². The van der Waals surface area contributed by atoms with Crippen molar-refractivity contribution >= 4 is 15.9 Å². The molecule has 2 saturated carbocycles. The topological polar surface area (TPSA) is 114 Å². The number of aliphatic hydroxyl groups excluding tert-OH is 1. The summed E-state index contributed by atoms with van der Waals surface area (Å²) in [6, 6.07) is 6.31. The van der Waals surface area contributed by atoms with Crippen molar-refractivity contribution in [3.63, 3.8) is 0 Å². The van der Waals surface area contributed by atoms with Gasteiger partial charge < -0.3 is 24.6 Å². The van der Waals surface area contributed by atoms with Crippen LogP contribution in [0.1, 0.15) is 44.9 Å². The highest BCUT2D eigenvalue weighted by atomic mass is 32.2. The average Bonchev–Trinajstić information content (AvgIpc) is 3.60. The van der Waals surface area contributed by atoms with Crippen molar-refractivity contribution < 1.29 is 32.5 Å². The summed E-state index contributed by atoms with van der Waals surface area (Å²) in [6.07, 6.45) is 8.48. The Labute approximate surface area is 207 Å². The van der Waals surface area contributed by atoms with E-state index in [0.717, 1.165) is 38.5 Å². The van der Waals surface area contributed by atoms with Crippen LogP contribution in [0.15, 0.2) is 41.0 Å². The van der Waals surface area contributed by atoms with Crippen LogP contribution in [0.5, 0.6) is 5.75 Å². The molecule has 1 heterocycles. The molecule has 4 rings (SSSR count). The largest absolute Gasteiger partial charge is 0.497 e. The molecular weight excluding hydrogens is 472 g/mol. The van der Waals surface area contributed by atoms with Crippen LogP contribution in [-0.2, 0) is 24.3 Å². The van der Waals surface area contributed by atoms with Crippen LogP contribution in [0.3, 0.4) is 0 Å². The SMILES string of the molecule is COc1ccc(S(=O)(=O)N(CCO)CCO[C@H]2C[C@@H](C3CC3)C=C(C(=O)NC3CCCC3)O2)cc1. The third-order valence-corrected chi connectivity index (χ3v) is 8.83. The van der Waals surface area contributed by atoms with Crippen LogP contribution >= 0.6 is 0 Å². The molecule has 2 aliphatic carbocycles. The lowest BCUT2D eigenvalue weighted by Gasteiger charge is -2.30. The Hall–Kier alpha value is -2.14. The summed E-state index contributed by atoms with van der Waals surface area (Å²) < 4.78 is 44.3. The molecule has 9 nitrogen and oxygen atoms in total. The lowest BCUT2D eigenvalue weighted by atomic mass is 9.96. The predicted molar refractivity (Wildman–Crippen MR) is 129 cm³/mol. The molecular formula is C25H36N2O7S. The third kappa shape index (κ3) is 6.75. The van der Waals surface area contributed by atoms with Crippen molar-refractivity contribution in [2.24, 2.45) is 11.8 Å². The molecule has 0 spiro atoms. The number of hydrogen-bond donors (Lipinski definition) is 2. The molecule has 0 unspecified atom stereocenters. The molecule has 2 fully saturated rings. The summed E-state index contributed by atoms with van der Waals surface area (Å²) in [6.45, 7) is -0.235. The highest BCUT2D eigenvalue weighted by molar-refractivity contribution is 7.89. The van der Waals surface area contributed by atoms with Crippen molar-refractivity contribution in [2.75, 3.05) is 33.4 Å². The van der Waals surface area contributed by atoms with Crippen LogP contribution in [0.4, 0.5) is 0 Å². The van der Waals surface area contributed by atoms with Gasteiger partial charge in [0.15, 0.2) is 5.76 Å². The van der Waals surface area contributed by atoms with E-state index in [-0.39, 0.29) is 49.1 Å². The quantitative estimate of drug-likeness (QED) is 0.446. The Balaban J connectivity index is 1.36. The van der Waals surface area contributed by atoms with Gasteiger partial charge in [0.2, 0.25) is 16.3 Å². The number of nitrogens with zero attached hydrogens (tertiary/aromatic N) is 1. The molecule has 1 aromatic rings. The number of ether oxygens (including phenoxy) is 3. The molecule has 1 amide bonds. The van der Waals surface area contributed by atoms with Crippen molar-refractivity contribution in [1.82, 2.24) is 9.62 Å². The number of rotatable bonds is 12. The fraction of sp³-hybridized carbons (Fsp3) is 0.640.